The molecular formula is C13H23N5O7. The van der Waals surface area contributed by atoms with Crippen LogP contribution < -0.4 is 27.4 Å². The summed E-state index contributed by atoms with van der Waals surface area (Å²) >= 11 is 0. The molecule has 12 nitrogen and oxygen atoms in total. The first-order valence-corrected chi connectivity index (χ1v) is 7.33. The second kappa shape index (κ2) is 10.9. The maximum Gasteiger partial charge on any atom is 0.325 e. The fraction of sp³-hybridized carbons (Fsp3) is 0.615. The number of carboxylic acids is 1. The zero-order chi connectivity index (χ0) is 19.6. The molecule has 0 spiro atoms. The highest BCUT2D eigenvalue weighted by molar-refractivity contribution is 5.92. The number of aliphatic carboxylic acids is 1. The number of hydrogen-bond acceptors (Lipinski definition) is 7. The van der Waals surface area contributed by atoms with Gasteiger partial charge >= 0.3 is 5.97 Å². The minimum absolute atomic E-state index is 0.0313. The summed E-state index contributed by atoms with van der Waals surface area (Å²) in [6.45, 7) is -0.0594. The van der Waals surface area contributed by atoms with Crippen molar-refractivity contribution < 1.29 is 34.2 Å². The van der Waals surface area contributed by atoms with Crippen LogP contribution in [0.1, 0.15) is 19.8 Å². The van der Waals surface area contributed by atoms with E-state index in [1.165, 1.54) is 6.92 Å². The Morgan fingerprint density at radius 3 is 2.16 bits per heavy atom. The lowest BCUT2D eigenvalue weighted by molar-refractivity contribution is -0.141. The number of primary amides is 1. The molecule has 3 unspecified atom stereocenters. The lowest BCUT2D eigenvalue weighted by Crippen LogP contribution is -2.54. The van der Waals surface area contributed by atoms with Crippen LogP contribution in [0.15, 0.2) is 0 Å². The molecule has 0 bridgehead atoms. The minimum Gasteiger partial charge on any atom is -0.480 e. The van der Waals surface area contributed by atoms with Gasteiger partial charge in [0.25, 0.3) is 0 Å². The Morgan fingerprint density at radius 1 is 1.08 bits per heavy atom. The van der Waals surface area contributed by atoms with Crippen LogP contribution in [0.3, 0.4) is 0 Å². The van der Waals surface area contributed by atoms with E-state index in [9.17, 15) is 24.0 Å². The maximum absolute atomic E-state index is 11.8. The van der Waals surface area contributed by atoms with Crippen LogP contribution in [0.4, 0.5) is 0 Å². The Kier molecular flexibility index (Phi) is 9.74. The van der Waals surface area contributed by atoms with E-state index in [1.54, 1.807) is 0 Å². The van der Waals surface area contributed by atoms with Crippen molar-refractivity contribution in [2.45, 2.75) is 37.9 Å². The van der Waals surface area contributed by atoms with Gasteiger partial charge < -0.3 is 37.6 Å². The summed E-state index contributed by atoms with van der Waals surface area (Å²) in [5.74, 6) is -4.29. The summed E-state index contributed by atoms with van der Waals surface area (Å²) in [4.78, 5) is 56.3. The zero-order valence-electron chi connectivity index (χ0n) is 13.7. The Morgan fingerprint density at radius 2 is 1.68 bits per heavy atom. The molecule has 0 saturated carbocycles. The minimum atomic E-state index is -1.36. The topological polar surface area (TPSA) is 214 Å². The van der Waals surface area contributed by atoms with Crippen molar-refractivity contribution in [2.75, 3.05) is 13.2 Å². The van der Waals surface area contributed by atoms with Crippen molar-refractivity contribution in [2.24, 2.45) is 11.5 Å². The lowest BCUT2D eigenvalue weighted by atomic mass is 10.1. The molecule has 0 aliphatic heterocycles. The first-order chi connectivity index (χ1) is 11.6. The smallest absolute Gasteiger partial charge is 0.325 e. The van der Waals surface area contributed by atoms with Gasteiger partial charge in [0.05, 0.1) is 19.2 Å². The van der Waals surface area contributed by atoms with E-state index in [1.807, 2.05) is 0 Å². The van der Waals surface area contributed by atoms with Gasteiger partial charge in [0, 0.05) is 6.42 Å². The number of aliphatic hydroxyl groups is 1. The highest BCUT2D eigenvalue weighted by Crippen LogP contribution is 1.95. The molecular weight excluding hydrogens is 338 g/mol. The van der Waals surface area contributed by atoms with E-state index >= 15 is 0 Å². The number of carboxylic acid groups (broad SMARTS) is 1. The summed E-state index contributed by atoms with van der Waals surface area (Å²) in [6.07, 6.45) is -0.150. The Bertz CT molecular complexity index is 525. The largest absolute Gasteiger partial charge is 0.480 e. The van der Waals surface area contributed by atoms with E-state index < -0.39 is 60.9 Å². The van der Waals surface area contributed by atoms with E-state index in [-0.39, 0.29) is 12.8 Å². The number of amides is 4. The fourth-order valence-electron chi connectivity index (χ4n) is 1.55. The van der Waals surface area contributed by atoms with Crippen molar-refractivity contribution >= 4 is 29.6 Å². The van der Waals surface area contributed by atoms with E-state index in [4.69, 9.17) is 21.7 Å². The highest BCUT2D eigenvalue weighted by atomic mass is 16.4. The lowest BCUT2D eigenvalue weighted by Gasteiger charge is -2.19. The van der Waals surface area contributed by atoms with Gasteiger partial charge in [-0.2, -0.15) is 0 Å². The van der Waals surface area contributed by atoms with Crippen molar-refractivity contribution in [3.63, 3.8) is 0 Å². The molecule has 0 aromatic carbocycles. The predicted molar refractivity (Wildman–Crippen MR) is 83.7 cm³/mol. The van der Waals surface area contributed by atoms with Crippen LogP contribution >= 0.6 is 0 Å². The van der Waals surface area contributed by atoms with Crippen molar-refractivity contribution in [3.8, 4) is 0 Å². The number of aliphatic hydroxyl groups excluding tert-OH is 1. The molecule has 142 valence electrons. The van der Waals surface area contributed by atoms with Crippen LogP contribution in [0, 0.1) is 0 Å². The number of hydrogen-bond donors (Lipinski definition) is 7. The van der Waals surface area contributed by atoms with Gasteiger partial charge in [-0.1, -0.05) is 0 Å². The van der Waals surface area contributed by atoms with Crippen molar-refractivity contribution in [1.29, 1.82) is 0 Å². The normalized spacial score (nSPS) is 13.9. The molecule has 3 atom stereocenters. The third kappa shape index (κ3) is 9.22. The Balaban J connectivity index is 4.42. The van der Waals surface area contributed by atoms with Crippen LogP contribution in [0.2, 0.25) is 0 Å². The first-order valence-electron chi connectivity index (χ1n) is 7.33. The second-order valence-corrected chi connectivity index (χ2v) is 5.20. The quantitative estimate of drug-likeness (QED) is 0.191. The van der Waals surface area contributed by atoms with Gasteiger partial charge in [-0.3, -0.25) is 24.0 Å². The van der Waals surface area contributed by atoms with E-state index in [0.717, 1.165) is 0 Å². The van der Waals surface area contributed by atoms with Crippen molar-refractivity contribution in [3.05, 3.63) is 0 Å². The SMILES string of the molecule is CC(NC(=O)CNC(=O)C(CO)NC(=O)C(N)CCC(N)=O)C(=O)O. The van der Waals surface area contributed by atoms with E-state index in [2.05, 4.69) is 16.0 Å². The number of rotatable bonds is 11. The van der Waals surface area contributed by atoms with Crippen molar-refractivity contribution in [1.82, 2.24) is 16.0 Å². The van der Waals surface area contributed by atoms with Gasteiger partial charge in [0.1, 0.15) is 12.1 Å². The molecule has 0 rings (SSSR count). The molecule has 0 aliphatic carbocycles. The molecule has 0 radical (unpaired) electrons. The predicted octanol–water partition coefficient (Wildman–Crippen LogP) is -4.24. The van der Waals surface area contributed by atoms with Gasteiger partial charge in [-0.15, -0.1) is 0 Å². The summed E-state index contributed by atoms with van der Waals surface area (Å²) in [5.41, 5.74) is 10.5. The van der Waals surface area contributed by atoms with Gasteiger partial charge in [0.2, 0.25) is 23.6 Å². The molecule has 4 amide bonds. The average molecular weight is 361 g/mol. The van der Waals surface area contributed by atoms with Crippen LogP contribution in [0.5, 0.6) is 0 Å². The number of nitrogens with one attached hydrogen (secondary N) is 3. The third-order valence-electron chi connectivity index (χ3n) is 3.03. The molecule has 0 aromatic rings. The Hall–Kier alpha value is -2.73. The molecule has 0 fully saturated rings. The van der Waals surface area contributed by atoms with Gasteiger partial charge in [-0.05, 0) is 13.3 Å². The highest BCUT2D eigenvalue weighted by Gasteiger charge is 2.24. The number of carbonyl (C=O) groups excluding carboxylic acids is 4. The fourth-order valence-corrected chi connectivity index (χ4v) is 1.55. The molecule has 25 heavy (non-hydrogen) atoms. The number of nitrogens with two attached hydrogens (primary N) is 2. The van der Waals surface area contributed by atoms with Gasteiger partial charge in [-0.25, -0.2) is 0 Å². The second-order valence-electron chi connectivity index (χ2n) is 5.20. The average Bonchev–Trinajstić information content (AvgIpc) is 2.54. The summed E-state index contributed by atoms with van der Waals surface area (Å²) in [5, 5.41) is 24.2. The zero-order valence-corrected chi connectivity index (χ0v) is 13.7. The molecule has 12 heteroatoms. The molecule has 0 saturated heterocycles. The maximum atomic E-state index is 11.8. The molecule has 0 heterocycles. The molecule has 9 N–H and O–H groups in total. The molecule has 0 aliphatic rings. The first kappa shape index (κ1) is 22.3. The van der Waals surface area contributed by atoms with Crippen LogP contribution in [-0.2, 0) is 24.0 Å². The van der Waals surface area contributed by atoms with Gasteiger partial charge in [0.15, 0.2) is 0 Å². The summed E-state index contributed by atoms with van der Waals surface area (Å²) in [6, 6.07) is -3.60. The third-order valence-corrected chi connectivity index (χ3v) is 3.03. The number of carbonyl (C=O) groups is 5. The Labute approximate surface area is 143 Å². The summed E-state index contributed by atoms with van der Waals surface area (Å²) < 4.78 is 0. The monoisotopic (exact) mass is 361 g/mol. The van der Waals surface area contributed by atoms with E-state index in [0.29, 0.717) is 0 Å². The van der Waals surface area contributed by atoms with Crippen LogP contribution in [-0.4, -0.2) is 71.1 Å². The molecule has 0 aromatic heterocycles. The summed E-state index contributed by atoms with van der Waals surface area (Å²) in [7, 11) is 0. The van der Waals surface area contributed by atoms with Crippen LogP contribution in [0.25, 0.3) is 0 Å². The standard InChI is InChI=1S/C13H23N5O7/c1-6(13(24)25)17-10(21)4-16-12(23)8(5-19)18-11(22)7(14)2-3-9(15)20/h6-8,19H,2-5,14H2,1H3,(H2,15,20)(H,16,23)(H,17,21)(H,18,22)(H,24,25).